The van der Waals surface area contributed by atoms with Crippen molar-refractivity contribution in [2.45, 2.75) is 75.4 Å². The number of allylic oxidation sites excluding steroid dienone is 1. The maximum absolute atomic E-state index is 13.4. The van der Waals surface area contributed by atoms with Crippen LogP contribution in [-0.4, -0.2) is 94.5 Å². The second-order valence-corrected chi connectivity index (χ2v) is 12.5. The molecule has 0 spiro atoms. The van der Waals surface area contributed by atoms with Gasteiger partial charge in [0.2, 0.25) is 18.4 Å². The van der Waals surface area contributed by atoms with E-state index in [0.717, 1.165) is 37.0 Å². The van der Waals surface area contributed by atoms with E-state index in [2.05, 4.69) is 17.2 Å². The van der Waals surface area contributed by atoms with Gasteiger partial charge in [0, 0.05) is 18.7 Å². The molecule has 6 rings (SSSR count). The smallest absolute Gasteiger partial charge is 0.334 e. The summed E-state index contributed by atoms with van der Waals surface area (Å²) in [5.74, 6) is -2.35. The van der Waals surface area contributed by atoms with Crippen molar-refractivity contribution in [3.63, 3.8) is 0 Å². The second kappa shape index (κ2) is 15.6. The van der Waals surface area contributed by atoms with Crippen LogP contribution >= 0.6 is 0 Å². The van der Waals surface area contributed by atoms with Gasteiger partial charge in [-0.3, -0.25) is 15.1 Å². The molecule has 1 saturated heterocycles. The van der Waals surface area contributed by atoms with Crippen LogP contribution in [0.3, 0.4) is 0 Å². The van der Waals surface area contributed by atoms with Crippen molar-refractivity contribution in [2.75, 3.05) is 13.7 Å². The average Bonchev–Trinajstić information content (AvgIpc) is 3.70. The van der Waals surface area contributed by atoms with Crippen molar-refractivity contribution in [3.8, 4) is 22.6 Å². The van der Waals surface area contributed by atoms with Gasteiger partial charge in [0.15, 0.2) is 11.5 Å². The first-order valence-corrected chi connectivity index (χ1v) is 16.7. The van der Waals surface area contributed by atoms with Gasteiger partial charge in [-0.1, -0.05) is 31.9 Å². The summed E-state index contributed by atoms with van der Waals surface area (Å²) in [7, 11) is 1.28. The maximum atomic E-state index is 13.4. The lowest BCUT2D eigenvalue weighted by molar-refractivity contribution is -1.07. The van der Waals surface area contributed by atoms with Crippen LogP contribution in [0.1, 0.15) is 32.6 Å². The molecule has 1 aromatic heterocycles. The number of phenolic OH excluding ortho intramolecular Hbond substituents is 1. The molecule has 0 saturated carbocycles. The molecule has 0 bridgehead atoms. The number of fused-ring (bicyclic) bond motifs is 2. The van der Waals surface area contributed by atoms with Gasteiger partial charge in [0.25, 0.3) is 0 Å². The fourth-order valence-corrected chi connectivity index (χ4v) is 6.32. The minimum Gasteiger partial charge on any atom is -0.508 e. The third-order valence-corrected chi connectivity index (χ3v) is 9.09. The lowest BCUT2D eigenvalue weighted by Gasteiger charge is -2.41. The fraction of sp³-hybridized carbons (Fsp3) is 0.389. The molecule has 3 aliphatic heterocycles. The number of aromatic hydroxyl groups is 1. The normalized spacial score (nSPS) is 26.0. The number of unbranched alkanes of at least 4 members (excludes halogenated alkanes) is 2. The predicted molar refractivity (Wildman–Crippen MR) is 181 cm³/mol. The number of hydrogen-bond donors (Lipinski definition) is 6. The molecule has 3 aliphatic rings. The van der Waals surface area contributed by atoms with Crippen molar-refractivity contribution in [1.29, 1.82) is 0 Å². The first kappa shape index (κ1) is 35.9. The van der Waals surface area contributed by atoms with Crippen molar-refractivity contribution < 1.29 is 58.5 Å². The molecule has 0 amide bonds. The van der Waals surface area contributed by atoms with Crippen LogP contribution in [0.25, 0.3) is 22.1 Å². The van der Waals surface area contributed by atoms with Crippen molar-refractivity contribution in [1.82, 2.24) is 5.32 Å². The fourth-order valence-electron chi connectivity index (χ4n) is 6.32. The van der Waals surface area contributed by atoms with Crippen LogP contribution in [0.2, 0.25) is 0 Å². The Morgan fingerprint density at radius 1 is 1.10 bits per heavy atom. The van der Waals surface area contributed by atoms with Crippen molar-refractivity contribution in [2.24, 2.45) is 4.99 Å². The summed E-state index contributed by atoms with van der Waals surface area (Å²) in [6.07, 6.45) is 3.14. The molecule has 2 aromatic carbocycles. The Labute approximate surface area is 292 Å². The number of carbonyl (C=O) groups excluding carboxylic acids is 1. The van der Waals surface area contributed by atoms with Gasteiger partial charge in [-0.15, -0.1) is 0 Å². The summed E-state index contributed by atoms with van der Waals surface area (Å²) >= 11 is 0. The van der Waals surface area contributed by atoms with Crippen LogP contribution < -0.4 is 20.5 Å². The van der Waals surface area contributed by atoms with Gasteiger partial charge in [0.1, 0.15) is 60.2 Å². The molecular formula is C36H40N3O12+. The Kier molecular flexibility index (Phi) is 11.0. The van der Waals surface area contributed by atoms with E-state index in [1.54, 1.807) is 18.3 Å². The van der Waals surface area contributed by atoms with Gasteiger partial charge in [-0.25, -0.2) is 9.59 Å². The topological polar surface area (TPSA) is 211 Å². The molecule has 0 aliphatic carbocycles. The monoisotopic (exact) mass is 706 g/mol. The van der Waals surface area contributed by atoms with Crippen LogP contribution in [-0.2, 0) is 23.9 Å². The van der Waals surface area contributed by atoms with Gasteiger partial charge < -0.3 is 39.1 Å². The zero-order valence-corrected chi connectivity index (χ0v) is 27.9. The van der Waals surface area contributed by atoms with Crippen LogP contribution in [0.5, 0.6) is 11.5 Å². The number of carboxylic acid groups (broad SMARTS) is 1. The number of carboxylic acids is 1. The zero-order valence-electron chi connectivity index (χ0n) is 27.9. The first-order chi connectivity index (χ1) is 24.6. The Bertz CT molecular complexity index is 1910. The van der Waals surface area contributed by atoms with E-state index in [1.807, 2.05) is 12.3 Å². The van der Waals surface area contributed by atoms with Crippen molar-refractivity contribution >= 4 is 28.6 Å². The number of aliphatic hydroxyl groups is 2. The number of carbonyl (C=O) groups is 2. The van der Waals surface area contributed by atoms with Crippen LogP contribution in [0, 0.1) is 0 Å². The van der Waals surface area contributed by atoms with Crippen LogP contribution in [0.4, 0.5) is 0 Å². The maximum Gasteiger partial charge on any atom is 0.334 e. The highest BCUT2D eigenvalue weighted by Gasteiger charge is 2.51. The van der Waals surface area contributed by atoms with Gasteiger partial charge >= 0.3 is 11.9 Å². The van der Waals surface area contributed by atoms with Crippen molar-refractivity contribution in [3.05, 3.63) is 83.0 Å². The van der Waals surface area contributed by atoms with E-state index < -0.39 is 55.3 Å². The highest BCUT2D eigenvalue weighted by Crippen LogP contribution is 2.30. The minimum absolute atomic E-state index is 0.0573. The molecule has 270 valence electrons. The Balaban J connectivity index is 1.27. The summed E-state index contributed by atoms with van der Waals surface area (Å²) in [5, 5.41) is 44.6. The minimum atomic E-state index is -1.66. The summed E-state index contributed by atoms with van der Waals surface area (Å²) in [4.78, 5) is 48.2. The number of esters is 1. The quantitative estimate of drug-likeness (QED) is 0.0792. The number of quaternary nitrogens is 1. The van der Waals surface area contributed by atoms with E-state index in [1.165, 1.54) is 43.6 Å². The number of rotatable bonds is 14. The predicted octanol–water partition coefficient (Wildman–Crippen LogP) is 1.21. The number of nitrogens with zero attached hydrogens (tertiary/aromatic N) is 1. The summed E-state index contributed by atoms with van der Waals surface area (Å²) in [6, 6.07) is 8.77. The molecule has 6 N–H and O–H groups in total. The molecule has 2 unspecified atom stereocenters. The molecule has 15 heteroatoms. The lowest BCUT2D eigenvalue weighted by atomic mass is 9.99. The molecule has 8 atom stereocenters. The number of ether oxygens (including phenoxy) is 3. The van der Waals surface area contributed by atoms with E-state index in [9.17, 15) is 34.8 Å². The molecule has 15 nitrogen and oxygen atoms in total. The average molecular weight is 707 g/mol. The lowest BCUT2D eigenvalue weighted by Crippen LogP contribution is -3.11. The van der Waals surface area contributed by atoms with E-state index in [-0.39, 0.29) is 33.9 Å². The number of hydroxylamine groups is 2. The number of nitrogens with one attached hydrogen (secondary N) is 2. The molecule has 4 heterocycles. The van der Waals surface area contributed by atoms with E-state index in [4.69, 9.17) is 23.5 Å². The number of aliphatic hydroxyl groups excluding tert-OH is 2. The highest BCUT2D eigenvalue weighted by molar-refractivity contribution is 6.08. The summed E-state index contributed by atoms with van der Waals surface area (Å²) in [5.41, 5.74) is 2.46. The molecular weight excluding hydrogens is 666 g/mol. The number of benzene rings is 2. The second-order valence-electron chi connectivity index (χ2n) is 12.5. The number of aliphatic imine (C=N–C) groups is 1. The first-order valence-electron chi connectivity index (χ1n) is 16.7. The Morgan fingerprint density at radius 2 is 1.88 bits per heavy atom. The Hall–Kier alpha value is -4.90. The zero-order chi connectivity index (χ0) is 36.2. The number of likely N-dealkylation sites (N-methyl/N-ethyl adjacent to an activating group) is 1. The molecule has 3 aromatic rings. The largest absolute Gasteiger partial charge is 0.508 e. The summed E-state index contributed by atoms with van der Waals surface area (Å²) in [6.45, 7) is 1.50. The van der Waals surface area contributed by atoms with Gasteiger partial charge in [0.05, 0.1) is 16.5 Å². The SMILES string of the molecule is CCCCCC1C2=NC=CC2=C[NH+]1O[C@@H]1[C@@H](Oc2ccc3c(=O)c(-c4ccc(O)cc4)coc3c2)O[C@@H](COC(=O)[C@H](NC)C(=O)O)[C@H](O)[C@H]1O. The third kappa shape index (κ3) is 7.58. The van der Waals surface area contributed by atoms with E-state index in [0.29, 0.717) is 16.2 Å². The molecule has 1 fully saturated rings. The van der Waals surface area contributed by atoms with Crippen LogP contribution in [0.15, 0.2) is 87.0 Å². The van der Waals surface area contributed by atoms with Gasteiger partial charge in [-0.2, -0.15) is 9.90 Å². The van der Waals surface area contributed by atoms with E-state index >= 15 is 0 Å². The number of hydrogen-bond acceptors (Lipinski definition) is 13. The number of aliphatic carboxylic acids is 1. The summed E-state index contributed by atoms with van der Waals surface area (Å²) < 4.78 is 23.2. The third-order valence-electron chi connectivity index (χ3n) is 9.09. The highest BCUT2D eigenvalue weighted by atomic mass is 16.8. The Morgan fingerprint density at radius 3 is 2.61 bits per heavy atom. The molecule has 51 heavy (non-hydrogen) atoms. The standard InChI is InChI=1S/C36H39N3O12/c1-3-4-5-6-25-28-20(13-14-38-28)16-39(25)51-33-32(43)31(42)27(18-48-35(46)29(37-2)34(44)45)50-36(33)49-22-11-12-23-26(15-22)47-17-24(30(23)41)19-7-9-21(40)10-8-19/h7-17,25,27,29,31-33,36-37,40,42-43H,3-6,18H2,1-2H3,(H,44,45)/p+1/t25?,27-,29+,31-,32+,33-,36-/m0/s1. The number of phenols is 1. The van der Waals surface area contributed by atoms with Gasteiger partial charge in [-0.05, 0) is 49.4 Å². The molecule has 0 radical (unpaired) electrons.